The first kappa shape index (κ1) is 18.7. The molecule has 4 nitrogen and oxygen atoms in total. The molecular formula is C19H29FN2O2. The Bertz CT molecular complexity index is 556. The van der Waals surface area contributed by atoms with Crippen LogP contribution in [0.4, 0.5) is 10.1 Å². The van der Waals surface area contributed by atoms with Crippen LogP contribution in [0.3, 0.4) is 0 Å². The lowest BCUT2D eigenvalue weighted by Gasteiger charge is -2.35. The van der Waals surface area contributed by atoms with Gasteiger partial charge in [-0.3, -0.25) is 4.79 Å². The zero-order chi connectivity index (χ0) is 17.7. The molecule has 1 amide bonds. The molecule has 0 aliphatic carbocycles. The van der Waals surface area contributed by atoms with Crippen LogP contribution in [0.2, 0.25) is 0 Å². The van der Waals surface area contributed by atoms with Gasteiger partial charge in [0.15, 0.2) is 0 Å². The summed E-state index contributed by atoms with van der Waals surface area (Å²) < 4.78 is 19.2. The minimum Gasteiger partial charge on any atom is -0.381 e. The van der Waals surface area contributed by atoms with Gasteiger partial charge in [0.25, 0.3) is 0 Å². The fourth-order valence-corrected chi connectivity index (χ4v) is 3.21. The van der Waals surface area contributed by atoms with Crippen molar-refractivity contribution in [3.63, 3.8) is 0 Å². The van der Waals surface area contributed by atoms with E-state index < -0.39 is 0 Å². The molecule has 0 bridgehead atoms. The number of hydrogen-bond acceptors (Lipinski definition) is 3. The van der Waals surface area contributed by atoms with E-state index >= 15 is 0 Å². The first-order chi connectivity index (χ1) is 11.5. The molecule has 134 valence electrons. The number of carbonyl (C=O) groups excluding carboxylic acids is 1. The maximum Gasteiger partial charge on any atom is 0.225 e. The molecule has 1 aliphatic rings. The molecule has 0 saturated carbocycles. The minimum absolute atomic E-state index is 0.00976. The molecule has 1 fully saturated rings. The fourth-order valence-electron chi connectivity index (χ4n) is 3.21. The Morgan fingerprint density at radius 1 is 1.42 bits per heavy atom. The van der Waals surface area contributed by atoms with Gasteiger partial charge in [-0.05, 0) is 43.0 Å². The van der Waals surface area contributed by atoms with Crippen molar-refractivity contribution in [3.8, 4) is 0 Å². The predicted octanol–water partition coefficient (Wildman–Crippen LogP) is 3.45. The third kappa shape index (κ3) is 4.47. The maximum atomic E-state index is 13.8. The Morgan fingerprint density at radius 2 is 2.08 bits per heavy atom. The second kappa shape index (κ2) is 8.47. The molecule has 0 radical (unpaired) electrons. The maximum absolute atomic E-state index is 13.8. The summed E-state index contributed by atoms with van der Waals surface area (Å²) >= 11 is 0. The van der Waals surface area contributed by atoms with Gasteiger partial charge in [-0.25, -0.2) is 4.39 Å². The van der Waals surface area contributed by atoms with Crippen LogP contribution in [0.1, 0.15) is 38.7 Å². The summed E-state index contributed by atoms with van der Waals surface area (Å²) in [5, 5.41) is 0. The van der Waals surface area contributed by atoms with Gasteiger partial charge in [-0.2, -0.15) is 0 Å². The lowest BCUT2D eigenvalue weighted by atomic mass is 10.0. The monoisotopic (exact) mass is 336 g/mol. The number of hydrogen-bond donors (Lipinski definition) is 0. The average Bonchev–Trinajstić information content (AvgIpc) is 2.60. The molecule has 0 unspecified atom stereocenters. The predicted molar refractivity (Wildman–Crippen MR) is 94.6 cm³/mol. The molecule has 1 aliphatic heterocycles. The van der Waals surface area contributed by atoms with Crippen molar-refractivity contribution in [1.82, 2.24) is 4.90 Å². The highest BCUT2D eigenvalue weighted by atomic mass is 19.1. The molecule has 24 heavy (non-hydrogen) atoms. The van der Waals surface area contributed by atoms with Crippen LogP contribution >= 0.6 is 0 Å². The van der Waals surface area contributed by atoms with E-state index in [4.69, 9.17) is 4.74 Å². The smallest absolute Gasteiger partial charge is 0.225 e. The third-order valence-electron chi connectivity index (χ3n) is 4.98. The lowest BCUT2D eigenvalue weighted by molar-refractivity contribution is -0.134. The van der Waals surface area contributed by atoms with E-state index in [1.807, 2.05) is 19.9 Å². The quantitative estimate of drug-likeness (QED) is 0.798. The van der Waals surface area contributed by atoms with E-state index in [1.54, 1.807) is 25.1 Å². The van der Waals surface area contributed by atoms with Crippen LogP contribution in [0.5, 0.6) is 0 Å². The van der Waals surface area contributed by atoms with Crippen molar-refractivity contribution >= 4 is 11.6 Å². The fraction of sp³-hybridized carbons (Fsp3) is 0.632. The number of carbonyl (C=O) groups is 1. The van der Waals surface area contributed by atoms with E-state index in [0.717, 1.165) is 43.6 Å². The first-order valence-electron chi connectivity index (χ1n) is 8.77. The zero-order valence-electron chi connectivity index (χ0n) is 15.2. The van der Waals surface area contributed by atoms with Gasteiger partial charge in [0.1, 0.15) is 5.82 Å². The molecule has 1 aromatic carbocycles. The second-order valence-corrected chi connectivity index (χ2v) is 6.70. The third-order valence-corrected chi connectivity index (χ3v) is 4.98. The van der Waals surface area contributed by atoms with E-state index in [2.05, 4.69) is 4.90 Å². The summed E-state index contributed by atoms with van der Waals surface area (Å²) in [6.45, 7) is 6.14. The molecule has 1 atom stereocenters. The highest BCUT2D eigenvalue weighted by Gasteiger charge is 2.23. The van der Waals surface area contributed by atoms with Gasteiger partial charge in [0.2, 0.25) is 5.91 Å². The highest BCUT2D eigenvalue weighted by molar-refractivity contribution is 5.78. The number of rotatable bonds is 6. The van der Waals surface area contributed by atoms with Crippen molar-refractivity contribution in [2.24, 2.45) is 5.92 Å². The second-order valence-electron chi connectivity index (χ2n) is 6.70. The van der Waals surface area contributed by atoms with Gasteiger partial charge in [0.05, 0.1) is 6.10 Å². The number of piperidine rings is 1. The number of nitrogens with zero attached hydrogens (tertiary/aromatic N) is 2. The van der Waals surface area contributed by atoms with E-state index in [0.29, 0.717) is 12.6 Å². The summed E-state index contributed by atoms with van der Waals surface area (Å²) in [6.07, 6.45) is 3.05. The summed E-state index contributed by atoms with van der Waals surface area (Å²) in [6, 6.07) is 4.88. The van der Waals surface area contributed by atoms with Gasteiger partial charge in [-0.1, -0.05) is 13.8 Å². The molecular weight excluding hydrogens is 307 g/mol. The van der Waals surface area contributed by atoms with Crippen LogP contribution in [0.15, 0.2) is 18.2 Å². The SMILES string of the molecule is CC[C@H](C)C(=O)N(C)Cc1cc(F)ccc1N1CCC(OC)CC1. The van der Waals surface area contributed by atoms with Gasteiger partial charge < -0.3 is 14.5 Å². The van der Waals surface area contributed by atoms with Crippen molar-refractivity contribution in [2.75, 3.05) is 32.1 Å². The number of amides is 1. The Labute approximate surface area is 144 Å². The lowest BCUT2D eigenvalue weighted by Crippen LogP contribution is -2.38. The topological polar surface area (TPSA) is 32.8 Å². The molecule has 0 aromatic heterocycles. The zero-order valence-corrected chi connectivity index (χ0v) is 15.2. The highest BCUT2D eigenvalue weighted by Crippen LogP contribution is 2.27. The normalized spacial score (nSPS) is 17.0. The largest absolute Gasteiger partial charge is 0.381 e. The van der Waals surface area contributed by atoms with E-state index in [1.165, 1.54) is 6.07 Å². The van der Waals surface area contributed by atoms with Crippen LogP contribution in [0, 0.1) is 11.7 Å². The molecule has 1 heterocycles. The number of halogens is 1. The van der Waals surface area contributed by atoms with Crippen molar-refractivity contribution in [1.29, 1.82) is 0 Å². The number of methoxy groups -OCH3 is 1. The first-order valence-corrected chi connectivity index (χ1v) is 8.77. The summed E-state index contributed by atoms with van der Waals surface area (Å²) in [5.74, 6) is -0.167. The molecule has 0 spiro atoms. The number of benzene rings is 1. The van der Waals surface area contributed by atoms with E-state index in [-0.39, 0.29) is 17.6 Å². The van der Waals surface area contributed by atoms with Gasteiger partial charge in [-0.15, -0.1) is 0 Å². The Balaban J connectivity index is 2.14. The van der Waals surface area contributed by atoms with Crippen molar-refractivity contribution in [2.45, 2.75) is 45.8 Å². The van der Waals surface area contributed by atoms with Crippen molar-refractivity contribution in [3.05, 3.63) is 29.6 Å². The molecule has 2 rings (SSSR count). The van der Waals surface area contributed by atoms with Crippen LogP contribution < -0.4 is 4.90 Å². The van der Waals surface area contributed by atoms with Crippen LogP contribution in [-0.4, -0.2) is 44.2 Å². The van der Waals surface area contributed by atoms with E-state index in [9.17, 15) is 9.18 Å². The molecule has 1 saturated heterocycles. The van der Waals surface area contributed by atoms with Crippen LogP contribution in [0.25, 0.3) is 0 Å². The summed E-state index contributed by atoms with van der Waals surface area (Å²) in [7, 11) is 3.54. The van der Waals surface area contributed by atoms with Crippen molar-refractivity contribution < 1.29 is 13.9 Å². The minimum atomic E-state index is -0.259. The Hall–Kier alpha value is -1.62. The Kier molecular flexibility index (Phi) is 6.60. The van der Waals surface area contributed by atoms with Gasteiger partial charge in [0, 0.05) is 45.4 Å². The Morgan fingerprint density at radius 3 is 2.67 bits per heavy atom. The number of anilines is 1. The van der Waals surface area contributed by atoms with Crippen LogP contribution in [-0.2, 0) is 16.1 Å². The standard InChI is InChI=1S/C19H29FN2O2/c1-5-14(2)19(23)21(3)13-15-12-16(20)6-7-18(15)22-10-8-17(24-4)9-11-22/h6-7,12,14,17H,5,8-11,13H2,1-4H3/t14-/m0/s1. The summed E-state index contributed by atoms with van der Waals surface area (Å²) in [4.78, 5) is 16.3. The molecule has 0 N–H and O–H groups in total. The molecule has 1 aromatic rings. The average molecular weight is 336 g/mol. The molecule has 5 heteroatoms. The van der Waals surface area contributed by atoms with Gasteiger partial charge >= 0.3 is 0 Å². The number of ether oxygens (including phenoxy) is 1. The summed E-state index contributed by atoms with van der Waals surface area (Å²) in [5.41, 5.74) is 1.89.